The number of carbonyl (C=O) groups excluding carboxylic acids is 4. The molecule has 8 heteroatoms. The van der Waals surface area contributed by atoms with Crippen LogP contribution in [-0.2, 0) is 11.2 Å². The molecule has 0 bridgehead atoms. The Bertz CT molecular complexity index is 1560. The number of carbonyl (C=O) groups is 4. The molecule has 0 aliphatic carbocycles. The number of thiophene rings is 1. The lowest BCUT2D eigenvalue weighted by atomic mass is 10.0. The van der Waals surface area contributed by atoms with Gasteiger partial charge in [0.25, 0.3) is 0 Å². The number of Topliss-reactive ketones (excluding diaryl/α,β-unsaturated/α-hetero) is 3. The molecule has 0 aliphatic heterocycles. The number of allylic oxidation sites excluding steroid dienone is 1. The lowest BCUT2D eigenvalue weighted by molar-refractivity contribution is -0.112. The van der Waals surface area contributed by atoms with Crippen molar-refractivity contribution in [2.75, 3.05) is 0 Å². The Morgan fingerprint density at radius 2 is 1.32 bits per heavy atom. The Morgan fingerprint density at radius 3 is 1.75 bits per heavy atom. The van der Waals surface area contributed by atoms with E-state index in [0.29, 0.717) is 22.2 Å². The van der Waals surface area contributed by atoms with Crippen molar-refractivity contribution in [2.45, 2.75) is 27.2 Å². The Balaban J connectivity index is 0.000000214. The van der Waals surface area contributed by atoms with E-state index in [1.807, 2.05) is 72.1 Å². The van der Waals surface area contributed by atoms with E-state index in [1.54, 1.807) is 49.4 Å². The number of ketones is 4. The molecule has 0 radical (unpaired) electrons. The smallest absolute Gasteiger partial charge is 0.194 e. The number of halogens is 2. The first-order chi connectivity index (χ1) is 21.0. The monoisotopic (exact) mass is 646 g/mol. The highest BCUT2D eigenvalue weighted by Crippen LogP contribution is 2.13. The second-order valence-corrected chi connectivity index (χ2v) is 11.0. The fourth-order valence-electron chi connectivity index (χ4n) is 3.26. The van der Waals surface area contributed by atoms with E-state index >= 15 is 0 Å². The molecule has 0 amide bonds. The van der Waals surface area contributed by atoms with Crippen molar-refractivity contribution in [1.29, 1.82) is 0 Å². The van der Waals surface area contributed by atoms with E-state index in [0.717, 1.165) is 21.6 Å². The average Bonchev–Trinajstić information content (AvgIpc) is 3.75. The van der Waals surface area contributed by atoms with Crippen molar-refractivity contribution < 1.29 is 23.6 Å². The van der Waals surface area contributed by atoms with E-state index in [4.69, 9.17) is 27.6 Å². The fourth-order valence-corrected chi connectivity index (χ4v) is 4.14. The Hall–Kier alpha value is -4.36. The molecule has 5 nitrogen and oxygen atoms in total. The van der Waals surface area contributed by atoms with Crippen molar-refractivity contribution in [2.24, 2.45) is 0 Å². The lowest BCUT2D eigenvalue weighted by Crippen LogP contribution is -2.02. The molecule has 5 aromatic rings. The first kappa shape index (κ1) is 35.8. The zero-order valence-electron chi connectivity index (χ0n) is 24.5. The van der Waals surface area contributed by atoms with Gasteiger partial charge in [-0.05, 0) is 78.9 Å². The minimum Gasteiger partial charge on any atom is -0.461 e. The van der Waals surface area contributed by atoms with Crippen molar-refractivity contribution in [1.82, 2.24) is 0 Å². The number of furan rings is 1. The van der Waals surface area contributed by atoms with Gasteiger partial charge in [0.05, 0.1) is 11.1 Å². The third-order valence-electron chi connectivity index (χ3n) is 5.49. The van der Waals surface area contributed by atoms with Crippen molar-refractivity contribution >= 4 is 63.7 Å². The van der Waals surface area contributed by atoms with Crippen LogP contribution in [0.4, 0.5) is 0 Å². The summed E-state index contributed by atoms with van der Waals surface area (Å²) in [5.74, 6) is 0.716. The van der Waals surface area contributed by atoms with Gasteiger partial charge in [-0.15, -0.1) is 11.3 Å². The topological polar surface area (TPSA) is 81.4 Å². The van der Waals surface area contributed by atoms with E-state index in [-0.39, 0.29) is 23.1 Å². The molecule has 0 aliphatic rings. The van der Waals surface area contributed by atoms with Gasteiger partial charge < -0.3 is 4.42 Å². The SMILES string of the molecule is CC(=O)C=Cc1ccc(Cl)cc1.CC(=O)c1ccco1.CC(=O)c1cccs1.O=C(Cc1ccc(Cl)cc1)c1ccccc1. The summed E-state index contributed by atoms with van der Waals surface area (Å²) in [6.07, 6.45) is 5.19. The molecule has 44 heavy (non-hydrogen) atoms. The molecule has 0 N–H and O–H groups in total. The summed E-state index contributed by atoms with van der Waals surface area (Å²) in [5, 5.41) is 3.29. The molecular weight excluding hydrogens is 615 g/mol. The fraction of sp³-hybridized carbons (Fsp3) is 0.111. The summed E-state index contributed by atoms with van der Waals surface area (Å²) in [4.78, 5) is 44.2. The molecule has 2 aromatic heterocycles. The summed E-state index contributed by atoms with van der Waals surface area (Å²) in [7, 11) is 0. The predicted octanol–water partition coefficient (Wildman–Crippen LogP) is 10.1. The molecule has 2 heterocycles. The molecule has 226 valence electrons. The summed E-state index contributed by atoms with van der Waals surface area (Å²) in [6.45, 7) is 4.57. The Kier molecular flexibility index (Phi) is 16.1. The van der Waals surface area contributed by atoms with E-state index in [9.17, 15) is 19.2 Å². The number of benzene rings is 3. The largest absolute Gasteiger partial charge is 0.461 e. The Morgan fingerprint density at radius 1 is 0.705 bits per heavy atom. The molecule has 3 aromatic carbocycles. The van der Waals surface area contributed by atoms with Crippen LogP contribution >= 0.6 is 34.5 Å². The van der Waals surface area contributed by atoms with Crippen LogP contribution in [0.2, 0.25) is 10.0 Å². The highest BCUT2D eigenvalue weighted by molar-refractivity contribution is 7.12. The summed E-state index contributed by atoms with van der Waals surface area (Å²) in [6, 6.07) is 31.0. The van der Waals surface area contributed by atoms with Gasteiger partial charge in [-0.3, -0.25) is 19.2 Å². The summed E-state index contributed by atoms with van der Waals surface area (Å²) in [5.41, 5.74) is 2.71. The van der Waals surface area contributed by atoms with Gasteiger partial charge in [-0.2, -0.15) is 0 Å². The van der Waals surface area contributed by atoms with E-state index < -0.39 is 0 Å². The van der Waals surface area contributed by atoms with Crippen LogP contribution in [0.25, 0.3) is 6.08 Å². The first-order valence-electron chi connectivity index (χ1n) is 13.4. The molecule has 0 saturated heterocycles. The van der Waals surface area contributed by atoms with Crippen LogP contribution in [0.15, 0.2) is 125 Å². The van der Waals surface area contributed by atoms with Gasteiger partial charge in [0, 0.05) is 29.0 Å². The number of hydrogen-bond donors (Lipinski definition) is 0. The van der Waals surface area contributed by atoms with Crippen molar-refractivity contribution in [3.8, 4) is 0 Å². The minimum absolute atomic E-state index is 0.0324. The van der Waals surface area contributed by atoms with Crippen LogP contribution < -0.4 is 0 Å². The van der Waals surface area contributed by atoms with Gasteiger partial charge in [0.15, 0.2) is 28.9 Å². The van der Waals surface area contributed by atoms with Gasteiger partial charge in [0.1, 0.15) is 0 Å². The lowest BCUT2D eigenvalue weighted by Gasteiger charge is -2.01. The third-order valence-corrected chi connectivity index (χ3v) is 6.97. The maximum absolute atomic E-state index is 11.9. The van der Waals surface area contributed by atoms with Crippen LogP contribution in [0, 0.1) is 0 Å². The zero-order valence-corrected chi connectivity index (χ0v) is 26.9. The molecule has 0 saturated carbocycles. The van der Waals surface area contributed by atoms with E-state index in [1.165, 1.54) is 37.5 Å². The highest BCUT2D eigenvalue weighted by atomic mass is 35.5. The van der Waals surface area contributed by atoms with Gasteiger partial charge in [0.2, 0.25) is 0 Å². The quantitative estimate of drug-likeness (QED) is 0.130. The normalized spacial score (nSPS) is 9.84. The summed E-state index contributed by atoms with van der Waals surface area (Å²) >= 11 is 12.9. The summed E-state index contributed by atoms with van der Waals surface area (Å²) < 4.78 is 4.75. The molecule has 0 unspecified atom stereocenters. The number of rotatable bonds is 7. The number of hydrogen-bond acceptors (Lipinski definition) is 6. The van der Waals surface area contributed by atoms with Gasteiger partial charge in [-0.25, -0.2) is 0 Å². The minimum atomic E-state index is -0.0324. The molecule has 0 fully saturated rings. The maximum Gasteiger partial charge on any atom is 0.194 e. The third kappa shape index (κ3) is 14.7. The van der Waals surface area contributed by atoms with Crippen LogP contribution in [0.1, 0.15) is 62.5 Å². The van der Waals surface area contributed by atoms with E-state index in [2.05, 4.69) is 0 Å². The molecule has 0 atom stereocenters. The Labute approximate surface area is 271 Å². The highest BCUT2D eigenvalue weighted by Gasteiger charge is 2.05. The molecular formula is C36H32Cl2O5S. The standard InChI is InChI=1S/C14H11ClO.C10H9ClO.C6H6O2.C6H6OS/c15-13-8-6-11(7-9-13)10-14(16)12-4-2-1-3-5-12;1-8(12)2-3-9-4-6-10(11)7-5-9;2*1-5(7)6-3-2-4-8-6/h1-9H,10H2;2-7H,1H3;2*2-4H,1H3. The first-order valence-corrected chi connectivity index (χ1v) is 15.0. The van der Waals surface area contributed by atoms with Crippen molar-refractivity contribution in [3.63, 3.8) is 0 Å². The van der Waals surface area contributed by atoms with Crippen LogP contribution in [0.5, 0.6) is 0 Å². The predicted molar refractivity (Wildman–Crippen MR) is 180 cm³/mol. The second kappa shape index (κ2) is 19.8. The second-order valence-electron chi connectivity index (χ2n) is 9.15. The van der Waals surface area contributed by atoms with Crippen molar-refractivity contribution in [3.05, 3.63) is 158 Å². The molecule has 0 spiro atoms. The van der Waals surface area contributed by atoms with Gasteiger partial charge >= 0.3 is 0 Å². The van der Waals surface area contributed by atoms with Crippen LogP contribution in [0.3, 0.4) is 0 Å². The molecule has 5 rings (SSSR count). The van der Waals surface area contributed by atoms with Gasteiger partial charge in [-0.1, -0.05) is 89.9 Å². The maximum atomic E-state index is 11.9. The zero-order chi connectivity index (χ0) is 32.3. The average molecular weight is 648 g/mol. The van der Waals surface area contributed by atoms with Crippen LogP contribution in [-0.4, -0.2) is 23.1 Å².